The Labute approximate surface area is 86.1 Å². The van der Waals surface area contributed by atoms with Gasteiger partial charge in [-0.25, -0.2) is 0 Å². The smallest absolute Gasteiger partial charge is 0.283 e. The number of ketones is 1. The van der Waals surface area contributed by atoms with E-state index < -0.39 is 0 Å². The normalized spacial score (nSPS) is 10.2. The van der Waals surface area contributed by atoms with Crippen LogP contribution in [-0.4, -0.2) is 18.0 Å². The zero-order valence-electron chi connectivity index (χ0n) is 9.66. The molecule has 0 heterocycles. The number of hydrogen-bond acceptors (Lipinski definition) is 3. The maximum Gasteiger partial charge on any atom is 0.283 e. The van der Waals surface area contributed by atoms with Crippen LogP contribution in [0.3, 0.4) is 0 Å². The Hall–Kier alpha value is -0.990. The maximum absolute atomic E-state index is 11.1. The molecular formula is C11H20O3. The summed E-state index contributed by atoms with van der Waals surface area (Å²) >= 11 is 0. The highest BCUT2D eigenvalue weighted by Crippen LogP contribution is 2.08. The quantitative estimate of drug-likeness (QED) is 0.488. The molecule has 0 amide bonds. The fourth-order valence-corrected chi connectivity index (χ4v) is 0.794. The average Bonchev–Trinajstić information content (AvgIpc) is 2.01. The summed E-state index contributed by atoms with van der Waals surface area (Å²) in [5.74, 6) is 0.336. The van der Waals surface area contributed by atoms with E-state index >= 15 is 0 Å². The van der Waals surface area contributed by atoms with Crippen LogP contribution in [0.25, 0.3) is 0 Å². The van der Waals surface area contributed by atoms with Gasteiger partial charge in [0.05, 0.1) is 18.3 Å². The molecule has 3 heteroatoms. The van der Waals surface area contributed by atoms with Gasteiger partial charge in [0.15, 0.2) is 5.78 Å². The van der Waals surface area contributed by atoms with E-state index in [1.165, 1.54) is 6.08 Å². The lowest BCUT2D eigenvalue weighted by Gasteiger charge is -2.16. The van der Waals surface area contributed by atoms with Crippen LogP contribution in [0, 0.1) is 0 Å². The molecule has 14 heavy (non-hydrogen) atoms. The first-order valence-electron chi connectivity index (χ1n) is 5.03. The molecular weight excluding hydrogens is 180 g/mol. The predicted octanol–water partition coefficient (Wildman–Crippen LogP) is 2.66. The first-order chi connectivity index (χ1) is 6.45. The molecule has 0 aliphatic heterocycles. The van der Waals surface area contributed by atoms with E-state index in [-0.39, 0.29) is 18.0 Å². The molecule has 3 nitrogen and oxygen atoms in total. The molecule has 0 fully saturated rings. The van der Waals surface area contributed by atoms with Crippen molar-refractivity contribution in [3.63, 3.8) is 0 Å². The highest BCUT2D eigenvalue weighted by molar-refractivity contribution is 5.89. The summed E-state index contributed by atoms with van der Waals surface area (Å²) in [7, 11) is 0. The van der Waals surface area contributed by atoms with Gasteiger partial charge in [-0.05, 0) is 27.7 Å². The van der Waals surface area contributed by atoms with Gasteiger partial charge < -0.3 is 9.47 Å². The van der Waals surface area contributed by atoms with Gasteiger partial charge in [-0.2, -0.15) is 0 Å². The zero-order valence-corrected chi connectivity index (χ0v) is 9.66. The minimum absolute atomic E-state index is 0.0151. The summed E-state index contributed by atoms with van der Waals surface area (Å²) in [6, 6.07) is 0. The molecule has 0 spiro atoms. The van der Waals surface area contributed by atoms with Crippen molar-refractivity contribution in [2.75, 3.05) is 0 Å². The van der Waals surface area contributed by atoms with Crippen molar-refractivity contribution in [1.82, 2.24) is 0 Å². The second-order valence-electron chi connectivity index (χ2n) is 3.62. The molecule has 82 valence electrons. The van der Waals surface area contributed by atoms with Crippen molar-refractivity contribution in [3.8, 4) is 0 Å². The molecule has 0 rings (SSSR count). The van der Waals surface area contributed by atoms with Crippen molar-refractivity contribution in [2.45, 2.75) is 53.2 Å². The Morgan fingerprint density at radius 2 is 1.57 bits per heavy atom. The molecule has 0 aromatic rings. The summed E-state index contributed by atoms with van der Waals surface area (Å²) in [6.07, 6.45) is 1.92. The van der Waals surface area contributed by atoms with Crippen molar-refractivity contribution < 1.29 is 14.3 Å². The Bertz CT molecular complexity index is 193. The Morgan fingerprint density at radius 3 is 1.86 bits per heavy atom. The van der Waals surface area contributed by atoms with Crippen LogP contribution in [0.4, 0.5) is 0 Å². The highest BCUT2D eigenvalue weighted by atomic mass is 16.7. The van der Waals surface area contributed by atoms with Crippen molar-refractivity contribution in [2.24, 2.45) is 0 Å². The third-order valence-electron chi connectivity index (χ3n) is 1.33. The lowest BCUT2D eigenvalue weighted by atomic mass is 10.3. The van der Waals surface area contributed by atoms with Crippen molar-refractivity contribution in [3.05, 3.63) is 12.0 Å². The predicted molar refractivity (Wildman–Crippen MR) is 55.8 cm³/mol. The first-order valence-corrected chi connectivity index (χ1v) is 5.03. The topological polar surface area (TPSA) is 35.5 Å². The summed E-state index contributed by atoms with van der Waals surface area (Å²) in [4.78, 5) is 11.1. The molecule has 0 saturated carbocycles. The molecule has 0 aliphatic rings. The highest BCUT2D eigenvalue weighted by Gasteiger charge is 2.07. The van der Waals surface area contributed by atoms with Gasteiger partial charge >= 0.3 is 0 Å². The monoisotopic (exact) mass is 200 g/mol. The van der Waals surface area contributed by atoms with E-state index in [9.17, 15) is 4.79 Å². The van der Waals surface area contributed by atoms with E-state index in [4.69, 9.17) is 9.47 Å². The summed E-state index contributed by atoms with van der Waals surface area (Å²) in [5.41, 5.74) is 0. The maximum atomic E-state index is 11.1. The Kier molecular flexibility index (Phi) is 6.00. The number of rotatable bonds is 6. The molecule has 0 bridgehead atoms. The Morgan fingerprint density at radius 1 is 1.14 bits per heavy atom. The van der Waals surface area contributed by atoms with Gasteiger partial charge in [0.25, 0.3) is 5.95 Å². The number of carbonyl (C=O) groups excluding carboxylic acids is 1. The fraction of sp³-hybridized carbons (Fsp3) is 0.727. The molecule has 0 atom stereocenters. The van der Waals surface area contributed by atoms with Crippen LogP contribution in [0.15, 0.2) is 12.0 Å². The van der Waals surface area contributed by atoms with Crippen LogP contribution in [-0.2, 0) is 14.3 Å². The van der Waals surface area contributed by atoms with Gasteiger partial charge in [-0.3, -0.25) is 4.79 Å². The SMILES string of the molecule is CCC(=O)C=C(OC(C)C)OC(C)C. The van der Waals surface area contributed by atoms with Crippen LogP contribution in [0.1, 0.15) is 41.0 Å². The molecule has 0 aromatic carbocycles. The molecule has 0 aromatic heterocycles. The van der Waals surface area contributed by atoms with E-state index in [1.54, 1.807) is 6.92 Å². The lowest BCUT2D eigenvalue weighted by Crippen LogP contribution is -2.11. The van der Waals surface area contributed by atoms with Gasteiger partial charge in [-0.1, -0.05) is 6.92 Å². The molecule has 0 radical (unpaired) electrons. The van der Waals surface area contributed by atoms with E-state index in [0.717, 1.165) is 0 Å². The second-order valence-corrected chi connectivity index (χ2v) is 3.62. The van der Waals surface area contributed by atoms with Gasteiger partial charge in [0, 0.05) is 6.42 Å². The number of allylic oxidation sites excluding steroid dienone is 1. The van der Waals surface area contributed by atoms with Crippen LogP contribution >= 0.6 is 0 Å². The van der Waals surface area contributed by atoms with Crippen LogP contribution in [0.5, 0.6) is 0 Å². The lowest BCUT2D eigenvalue weighted by molar-refractivity contribution is -0.115. The largest absolute Gasteiger partial charge is 0.463 e. The second kappa shape index (κ2) is 6.46. The summed E-state index contributed by atoms with van der Waals surface area (Å²) in [5, 5.41) is 0. The van der Waals surface area contributed by atoms with Crippen molar-refractivity contribution in [1.29, 1.82) is 0 Å². The molecule has 0 aliphatic carbocycles. The number of hydrogen-bond donors (Lipinski definition) is 0. The van der Waals surface area contributed by atoms with Crippen LogP contribution in [0.2, 0.25) is 0 Å². The third kappa shape index (κ3) is 6.52. The minimum Gasteiger partial charge on any atom is -0.463 e. The molecule has 0 unspecified atom stereocenters. The fourth-order valence-electron chi connectivity index (χ4n) is 0.794. The van der Waals surface area contributed by atoms with Crippen molar-refractivity contribution >= 4 is 5.78 Å². The number of carbonyl (C=O) groups is 1. The molecule has 0 N–H and O–H groups in total. The summed E-state index contributed by atoms with van der Waals surface area (Å²) in [6.45, 7) is 9.39. The van der Waals surface area contributed by atoms with E-state index in [0.29, 0.717) is 12.4 Å². The average molecular weight is 200 g/mol. The van der Waals surface area contributed by atoms with Gasteiger partial charge in [0.1, 0.15) is 0 Å². The standard InChI is InChI=1S/C11H20O3/c1-6-10(12)7-11(13-8(2)3)14-9(4)5/h7-9H,6H2,1-5H3. The minimum atomic E-state index is 0.0151. The molecule has 0 saturated heterocycles. The van der Waals surface area contributed by atoms with Gasteiger partial charge in [-0.15, -0.1) is 0 Å². The number of ether oxygens (including phenoxy) is 2. The Balaban J connectivity index is 4.37. The first kappa shape index (κ1) is 13.0. The zero-order chi connectivity index (χ0) is 11.1. The summed E-state index contributed by atoms with van der Waals surface area (Å²) < 4.78 is 10.7. The van der Waals surface area contributed by atoms with E-state index in [1.807, 2.05) is 27.7 Å². The van der Waals surface area contributed by atoms with Crippen LogP contribution < -0.4 is 0 Å². The van der Waals surface area contributed by atoms with Gasteiger partial charge in [0.2, 0.25) is 0 Å². The van der Waals surface area contributed by atoms with E-state index in [2.05, 4.69) is 0 Å². The third-order valence-corrected chi connectivity index (χ3v) is 1.33.